The first-order valence-corrected chi connectivity index (χ1v) is 11.6. The fraction of sp³-hybridized carbons (Fsp3) is 0.222. The fourth-order valence-electron chi connectivity index (χ4n) is 4.30. The number of hydrogen-bond donors (Lipinski definition) is 2. The lowest BCUT2D eigenvalue weighted by molar-refractivity contribution is 0.0685. The number of aromatic nitrogens is 1. The number of likely N-dealkylation sites (N-methyl/N-ethyl adjacent to an activating group) is 1. The van der Waals surface area contributed by atoms with Crippen molar-refractivity contribution in [1.82, 2.24) is 9.88 Å². The smallest absolute Gasteiger partial charge is 0.352 e. The summed E-state index contributed by atoms with van der Waals surface area (Å²) < 4.78 is 1.86. The summed E-state index contributed by atoms with van der Waals surface area (Å²) in [5.74, 6) is -0.936. The highest BCUT2D eigenvalue weighted by atomic mass is 35.5. The van der Waals surface area contributed by atoms with Gasteiger partial charge in [-0.05, 0) is 36.8 Å². The predicted molar refractivity (Wildman–Crippen MR) is 135 cm³/mol. The second-order valence-corrected chi connectivity index (χ2v) is 8.33. The van der Waals surface area contributed by atoms with Crippen molar-refractivity contribution in [3.05, 3.63) is 101 Å². The molecule has 1 heterocycles. The standard InChI is InChI=1S/C27H28ClN3O2/c1-2-30(21-11-4-3-5-12-21)17-16-29-18-23-22-13-7-9-15-25(22)31(26(23)27(32)33)19-20-10-6-8-14-24(20)28/h3-15,29H,2,16-19H2,1H3,(H,32,33). The van der Waals surface area contributed by atoms with Gasteiger partial charge >= 0.3 is 5.97 Å². The Labute approximate surface area is 199 Å². The van der Waals surface area contributed by atoms with E-state index in [4.69, 9.17) is 11.6 Å². The number of fused-ring (bicyclic) bond motifs is 1. The fourth-order valence-corrected chi connectivity index (χ4v) is 4.49. The van der Waals surface area contributed by atoms with Crippen LogP contribution < -0.4 is 10.2 Å². The van der Waals surface area contributed by atoms with Gasteiger partial charge in [0.15, 0.2) is 0 Å². The van der Waals surface area contributed by atoms with Gasteiger partial charge in [0.25, 0.3) is 0 Å². The average Bonchev–Trinajstić information content (AvgIpc) is 3.15. The second kappa shape index (κ2) is 10.6. The summed E-state index contributed by atoms with van der Waals surface area (Å²) in [7, 11) is 0. The lowest BCUT2D eigenvalue weighted by Crippen LogP contribution is -2.32. The molecule has 0 saturated heterocycles. The number of benzene rings is 3. The van der Waals surface area contributed by atoms with E-state index < -0.39 is 5.97 Å². The van der Waals surface area contributed by atoms with Crippen molar-refractivity contribution < 1.29 is 9.90 Å². The molecule has 4 rings (SSSR count). The first-order chi connectivity index (χ1) is 16.1. The van der Waals surface area contributed by atoms with Crippen molar-refractivity contribution >= 4 is 34.2 Å². The third kappa shape index (κ3) is 5.05. The summed E-state index contributed by atoms with van der Waals surface area (Å²) in [6.07, 6.45) is 0. The van der Waals surface area contributed by atoms with Crippen molar-refractivity contribution in [2.24, 2.45) is 0 Å². The summed E-state index contributed by atoms with van der Waals surface area (Å²) in [6.45, 7) is 5.50. The Bertz CT molecular complexity index is 1240. The molecule has 0 saturated carbocycles. The molecular formula is C27H28ClN3O2. The number of hydrogen-bond acceptors (Lipinski definition) is 3. The van der Waals surface area contributed by atoms with E-state index in [1.807, 2.05) is 71.3 Å². The number of carbonyl (C=O) groups is 1. The van der Waals surface area contributed by atoms with E-state index in [1.165, 1.54) is 5.69 Å². The van der Waals surface area contributed by atoms with Crippen LogP contribution in [0.3, 0.4) is 0 Å². The summed E-state index contributed by atoms with van der Waals surface area (Å²) in [5.41, 5.74) is 4.07. The molecule has 33 heavy (non-hydrogen) atoms. The van der Waals surface area contributed by atoms with Crippen LogP contribution in [0.25, 0.3) is 10.9 Å². The van der Waals surface area contributed by atoms with Gasteiger partial charge in [-0.2, -0.15) is 0 Å². The average molecular weight is 462 g/mol. The van der Waals surface area contributed by atoms with E-state index in [-0.39, 0.29) is 0 Å². The molecule has 0 aliphatic rings. The van der Waals surface area contributed by atoms with Crippen LogP contribution >= 0.6 is 11.6 Å². The normalized spacial score (nSPS) is 11.1. The zero-order valence-corrected chi connectivity index (χ0v) is 19.4. The molecular weight excluding hydrogens is 434 g/mol. The van der Waals surface area contributed by atoms with E-state index in [9.17, 15) is 9.90 Å². The number of rotatable bonds is 10. The third-order valence-corrected chi connectivity index (χ3v) is 6.30. The van der Waals surface area contributed by atoms with Crippen LogP contribution in [-0.4, -0.2) is 35.3 Å². The van der Waals surface area contributed by atoms with Gasteiger partial charge in [-0.3, -0.25) is 0 Å². The molecule has 170 valence electrons. The Kier molecular flexibility index (Phi) is 7.33. The number of para-hydroxylation sites is 2. The summed E-state index contributed by atoms with van der Waals surface area (Å²) in [5, 5.41) is 15.2. The van der Waals surface area contributed by atoms with Gasteiger partial charge < -0.3 is 19.9 Å². The molecule has 0 bridgehead atoms. The van der Waals surface area contributed by atoms with Crippen molar-refractivity contribution in [1.29, 1.82) is 0 Å². The topological polar surface area (TPSA) is 57.5 Å². The predicted octanol–water partition coefficient (Wildman–Crippen LogP) is 5.66. The molecule has 0 fully saturated rings. The molecule has 2 N–H and O–H groups in total. The minimum absolute atomic E-state index is 0.305. The largest absolute Gasteiger partial charge is 0.477 e. The summed E-state index contributed by atoms with van der Waals surface area (Å²) >= 11 is 6.38. The van der Waals surface area contributed by atoms with Crippen molar-refractivity contribution in [2.45, 2.75) is 20.0 Å². The highest BCUT2D eigenvalue weighted by Crippen LogP contribution is 2.29. The summed E-state index contributed by atoms with van der Waals surface area (Å²) in [4.78, 5) is 14.7. The molecule has 0 atom stereocenters. The lowest BCUT2D eigenvalue weighted by atomic mass is 10.1. The van der Waals surface area contributed by atoms with E-state index in [0.29, 0.717) is 23.8 Å². The molecule has 0 spiro atoms. The van der Waals surface area contributed by atoms with Crippen LogP contribution in [0.5, 0.6) is 0 Å². The second-order valence-electron chi connectivity index (χ2n) is 7.92. The monoisotopic (exact) mass is 461 g/mol. The molecule has 0 aliphatic heterocycles. The Hall–Kier alpha value is -3.28. The Morgan fingerprint density at radius 1 is 1.00 bits per heavy atom. The highest BCUT2D eigenvalue weighted by Gasteiger charge is 2.22. The van der Waals surface area contributed by atoms with Crippen molar-refractivity contribution in [3.8, 4) is 0 Å². The zero-order chi connectivity index (χ0) is 23.2. The van der Waals surface area contributed by atoms with Crippen molar-refractivity contribution in [3.63, 3.8) is 0 Å². The first kappa shape index (κ1) is 22.9. The number of nitrogens with zero attached hydrogens (tertiary/aromatic N) is 2. The van der Waals surface area contributed by atoms with Crippen LogP contribution in [0.2, 0.25) is 5.02 Å². The number of anilines is 1. The number of aromatic carboxylic acids is 1. The minimum atomic E-state index is -0.936. The van der Waals surface area contributed by atoms with E-state index in [2.05, 4.69) is 29.3 Å². The molecule has 0 radical (unpaired) electrons. The quantitative estimate of drug-likeness (QED) is 0.299. The van der Waals surface area contributed by atoms with Crippen molar-refractivity contribution in [2.75, 3.05) is 24.5 Å². The molecule has 3 aromatic carbocycles. The number of nitrogens with one attached hydrogen (secondary N) is 1. The SMILES string of the molecule is CCN(CCNCc1c(C(=O)O)n(Cc2ccccc2Cl)c2ccccc12)c1ccccc1. The molecule has 0 unspecified atom stereocenters. The minimum Gasteiger partial charge on any atom is -0.477 e. The van der Waals surface area contributed by atoms with Crippen LogP contribution in [0.4, 0.5) is 5.69 Å². The number of carboxylic acids is 1. The highest BCUT2D eigenvalue weighted by molar-refractivity contribution is 6.31. The summed E-state index contributed by atoms with van der Waals surface area (Å²) in [6, 6.07) is 25.7. The Morgan fingerprint density at radius 2 is 1.70 bits per heavy atom. The lowest BCUT2D eigenvalue weighted by Gasteiger charge is -2.23. The van der Waals surface area contributed by atoms with E-state index in [1.54, 1.807) is 0 Å². The maximum Gasteiger partial charge on any atom is 0.352 e. The Morgan fingerprint density at radius 3 is 2.42 bits per heavy atom. The molecule has 5 nitrogen and oxygen atoms in total. The van der Waals surface area contributed by atoms with Gasteiger partial charge in [-0.25, -0.2) is 4.79 Å². The van der Waals surface area contributed by atoms with Gasteiger partial charge in [-0.15, -0.1) is 0 Å². The maximum atomic E-state index is 12.4. The Balaban J connectivity index is 1.58. The van der Waals surface area contributed by atoms with Crippen LogP contribution in [0.1, 0.15) is 28.5 Å². The van der Waals surface area contributed by atoms with Gasteiger partial charge in [0.05, 0.1) is 0 Å². The molecule has 4 aromatic rings. The number of halogens is 1. The maximum absolute atomic E-state index is 12.4. The molecule has 1 aromatic heterocycles. The molecule has 0 amide bonds. The van der Waals surface area contributed by atoms with Gasteiger partial charge in [0.2, 0.25) is 0 Å². The third-order valence-electron chi connectivity index (χ3n) is 5.93. The molecule has 0 aliphatic carbocycles. The van der Waals surface area contributed by atoms with Gasteiger partial charge in [-0.1, -0.05) is 66.2 Å². The number of carboxylic acid groups (broad SMARTS) is 1. The molecule has 6 heteroatoms. The zero-order valence-electron chi connectivity index (χ0n) is 18.7. The van der Waals surface area contributed by atoms with E-state index in [0.717, 1.165) is 41.7 Å². The van der Waals surface area contributed by atoms with E-state index >= 15 is 0 Å². The van der Waals surface area contributed by atoms with Crippen LogP contribution in [0, 0.1) is 0 Å². The van der Waals surface area contributed by atoms with Crippen LogP contribution in [-0.2, 0) is 13.1 Å². The van der Waals surface area contributed by atoms with Gasteiger partial charge in [0.1, 0.15) is 5.69 Å². The van der Waals surface area contributed by atoms with Gasteiger partial charge in [0, 0.05) is 59.9 Å². The van der Waals surface area contributed by atoms with Crippen LogP contribution in [0.15, 0.2) is 78.9 Å². The first-order valence-electron chi connectivity index (χ1n) is 11.2.